The van der Waals surface area contributed by atoms with Gasteiger partial charge in [0.25, 0.3) is 0 Å². The number of aliphatic hydroxyl groups is 1. The van der Waals surface area contributed by atoms with Crippen molar-refractivity contribution in [1.82, 2.24) is 14.5 Å². The van der Waals surface area contributed by atoms with Crippen LogP contribution in [0.2, 0.25) is 0 Å². The Morgan fingerprint density at radius 2 is 2.22 bits per heavy atom. The molecule has 0 aromatic carbocycles. The first-order valence-corrected chi connectivity index (χ1v) is 7.31. The standard InChI is InChI=1S/C12H14BrN3OS/c13-7-5-8-11(14-6-7)16(12(18)15-8)9-3-1-2-4-10(9)17/h5-6,9-10,17H,1-4H2,(H,15,18). The zero-order chi connectivity index (χ0) is 12.7. The van der Waals surface area contributed by atoms with Crippen molar-refractivity contribution in [2.75, 3.05) is 0 Å². The Balaban J connectivity index is 2.16. The molecule has 0 radical (unpaired) electrons. The monoisotopic (exact) mass is 327 g/mol. The highest BCUT2D eigenvalue weighted by Gasteiger charge is 2.26. The molecule has 0 saturated heterocycles. The number of hydrogen-bond acceptors (Lipinski definition) is 3. The molecule has 1 saturated carbocycles. The number of halogens is 1. The number of pyridine rings is 1. The number of H-pyrrole nitrogens is 1. The van der Waals surface area contributed by atoms with E-state index >= 15 is 0 Å². The molecule has 2 N–H and O–H groups in total. The maximum absolute atomic E-state index is 10.2. The zero-order valence-electron chi connectivity index (χ0n) is 9.77. The molecule has 0 aliphatic heterocycles. The van der Waals surface area contributed by atoms with Crippen molar-refractivity contribution in [3.63, 3.8) is 0 Å². The summed E-state index contributed by atoms with van der Waals surface area (Å²) in [5.74, 6) is 0. The largest absolute Gasteiger partial charge is 0.391 e. The minimum absolute atomic E-state index is 0.0497. The molecule has 96 valence electrons. The van der Waals surface area contributed by atoms with Gasteiger partial charge in [-0.05, 0) is 47.1 Å². The Kier molecular flexibility index (Phi) is 3.25. The molecule has 0 bridgehead atoms. The number of imidazole rings is 1. The van der Waals surface area contributed by atoms with Crippen LogP contribution >= 0.6 is 28.1 Å². The van der Waals surface area contributed by atoms with Gasteiger partial charge in [-0.25, -0.2) is 4.98 Å². The number of rotatable bonds is 1. The highest BCUT2D eigenvalue weighted by Crippen LogP contribution is 2.31. The minimum Gasteiger partial charge on any atom is -0.391 e. The van der Waals surface area contributed by atoms with E-state index in [9.17, 15) is 5.11 Å². The number of nitrogens with zero attached hydrogens (tertiary/aromatic N) is 2. The lowest BCUT2D eigenvalue weighted by atomic mass is 9.92. The molecule has 18 heavy (non-hydrogen) atoms. The Morgan fingerprint density at radius 1 is 1.44 bits per heavy atom. The van der Waals surface area contributed by atoms with Gasteiger partial charge in [-0.15, -0.1) is 0 Å². The molecular weight excluding hydrogens is 314 g/mol. The summed E-state index contributed by atoms with van der Waals surface area (Å²) in [6.07, 6.45) is 5.46. The fourth-order valence-corrected chi connectivity index (χ4v) is 3.35. The van der Waals surface area contributed by atoms with Gasteiger partial charge in [0.05, 0.1) is 17.7 Å². The Bertz CT molecular complexity index is 636. The second kappa shape index (κ2) is 4.75. The Hall–Kier alpha value is -0.720. The summed E-state index contributed by atoms with van der Waals surface area (Å²) in [6, 6.07) is 2.01. The van der Waals surface area contributed by atoms with Crippen molar-refractivity contribution in [2.24, 2.45) is 0 Å². The summed E-state index contributed by atoms with van der Waals surface area (Å²) in [4.78, 5) is 7.58. The van der Waals surface area contributed by atoms with Gasteiger partial charge in [0.2, 0.25) is 0 Å². The van der Waals surface area contributed by atoms with Gasteiger partial charge >= 0.3 is 0 Å². The number of hydrogen-bond donors (Lipinski definition) is 2. The van der Waals surface area contributed by atoms with Crippen LogP contribution in [-0.2, 0) is 0 Å². The number of aromatic nitrogens is 3. The quantitative estimate of drug-likeness (QED) is 0.790. The maximum atomic E-state index is 10.2. The van der Waals surface area contributed by atoms with E-state index in [4.69, 9.17) is 12.2 Å². The fourth-order valence-electron chi connectivity index (χ4n) is 2.69. The average molecular weight is 328 g/mol. The van der Waals surface area contributed by atoms with E-state index in [1.54, 1.807) is 6.20 Å². The van der Waals surface area contributed by atoms with Crippen molar-refractivity contribution < 1.29 is 5.11 Å². The third-order valence-corrected chi connectivity index (χ3v) is 4.28. The van der Waals surface area contributed by atoms with Crippen LogP contribution in [0.5, 0.6) is 0 Å². The van der Waals surface area contributed by atoms with Crippen molar-refractivity contribution in [2.45, 2.75) is 37.8 Å². The lowest BCUT2D eigenvalue weighted by molar-refractivity contribution is 0.0764. The third kappa shape index (κ3) is 2.02. The van der Waals surface area contributed by atoms with E-state index < -0.39 is 0 Å². The molecule has 2 heterocycles. The summed E-state index contributed by atoms with van der Waals surface area (Å²) in [6.45, 7) is 0. The molecule has 1 aliphatic carbocycles. The van der Waals surface area contributed by atoms with Crippen LogP contribution in [0.15, 0.2) is 16.7 Å². The summed E-state index contributed by atoms with van der Waals surface area (Å²) < 4.78 is 3.53. The van der Waals surface area contributed by atoms with E-state index in [2.05, 4.69) is 25.9 Å². The molecule has 2 aromatic heterocycles. The van der Waals surface area contributed by atoms with Gasteiger partial charge in [-0.3, -0.25) is 4.57 Å². The van der Waals surface area contributed by atoms with Crippen LogP contribution in [0.3, 0.4) is 0 Å². The van der Waals surface area contributed by atoms with Crippen molar-refractivity contribution in [3.8, 4) is 0 Å². The van der Waals surface area contributed by atoms with E-state index in [1.807, 2.05) is 10.6 Å². The third-order valence-electron chi connectivity index (χ3n) is 3.55. The fraction of sp³-hybridized carbons (Fsp3) is 0.500. The van der Waals surface area contributed by atoms with E-state index in [0.29, 0.717) is 4.77 Å². The average Bonchev–Trinajstić information content (AvgIpc) is 2.65. The molecule has 0 spiro atoms. The van der Waals surface area contributed by atoms with Crippen LogP contribution in [0.4, 0.5) is 0 Å². The van der Waals surface area contributed by atoms with Gasteiger partial charge < -0.3 is 10.1 Å². The van der Waals surface area contributed by atoms with Crippen LogP contribution in [0.1, 0.15) is 31.7 Å². The second-order valence-corrected chi connectivity index (χ2v) is 6.05. The molecule has 6 heteroatoms. The predicted molar refractivity (Wildman–Crippen MR) is 76.1 cm³/mol. The number of aliphatic hydroxyl groups excluding tert-OH is 1. The summed E-state index contributed by atoms with van der Waals surface area (Å²) in [5, 5.41) is 10.2. The highest BCUT2D eigenvalue weighted by atomic mass is 79.9. The predicted octanol–water partition coefficient (Wildman–Crippen LogP) is 3.33. The first-order valence-electron chi connectivity index (χ1n) is 6.10. The first-order chi connectivity index (χ1) is 8.66. The van der Waals surface area contributed by atoms with Gasteiger partial charge in [-0.1, -0.05) is 12.8 Å². The molecule has 4 nitrogen and oxygen atoms in total. The molecule has 1 aliphatic rings. The Morgan fingerprint density at radius 3 is 3.00 bits per heavy atom. The molecule has 0 amide bonds. The van der Waals surface area contributed by atoms with Crippen LogP contribution in [0.25, 0.3) is 11.2 Å². The van der Waals surface area contributed by atoms with Gasteiger partial charge in [0.15, 0.2) is 10.4 Å². The van der Waals surface area contributed by atoms with Crippen LogP contribution in [0, 0.1) is 4.77 Å². The smallest absolute Gasteiger partial charge is 0.179 e. The van der Waals surface area contributed by atoms with Crippen molar-refractivity contribution in [1.29, 1.82) is 0 Å². The molecule has 2 aromatic rings. The number of fused-ring (bicyclic) bond motifs is 1. The summed E-state index contributed by atoms with van der Waals surface area (Å²) in [5.41, 5.74) is 1.74. The minimum atomic E-state index is -0.324. The summed E-state index contributed by atoms with van der Waals surface area (Å²) in [7, 11) is 0. The van der Waals surface area contributed by atoms with Crippen LogP contribution in [-0.4, -0.2) is 25.7 Å². The first kappa shape index (κ1) is 12.3. The molecule has 2 unspecified atom stereocenters. The van der Waals surface area contributed by atoms with Gasteiger partial charge in [-0.2, -0.15) is 0 Å². The Labute approximate surface area is 118 Å². The topological polar surface area (TPSA) is 53.8 Å². The van der Waals surface area contributed by atoms with E-state index in [-0.39, 0.29) is 12.1 Å². The number of aromatic amines is 1. The maximum Gasteiger partial charge on any atom is 0.179 e. The molecule has 2 atom stereocenters. The van der Waals surface area contributed by atoms with Crippen LogP contribution < -0.4 is 0 Å². The summed E-state index contributed by atoms with van der Waals surface area (Å²) >= 11 is 8.77. The van der Waals surface area contributed by atoms with Crippen molar-refractivity contribution >= 4 is 39.3 Å². The number of nitrogens with one attached hydrogen (secondary N) is 1. The van der Waals surface area contributed by atoms with Gasteiger partial charge in [0.1, 0.15) is 0 Å². The molecule has 3 rings (SSSR count). The highest BCUT2D eigenvalue weighted by molar-refractivity contribution is 9.10. The van der Waals surface area contributed by atoms with E-state index in [1.165, 1.54) is 0 Å². The second-order valence-electron chi connectivity index (χ2n) is 4.74. The molecule has 1 fully saturated rings. The van der Waals surface area contributed by atoms with Crippen molar-refractivity contribution in [3.05, 3.63) is 21.5 Å². The zero-order valence-corrected chi connectivity index (χ0v) is 12.2. The van der Waals surface area contributed by atoms with Gasteiger partial charge in [0, 0.05) is 10.7 Å². The lowest BCUT2D eigenvalue weighted by Gasteiger charge is -2.28. The van der Waals surface area contributed by atoms with E-state index in [0.717, 1.165) is 41.3 Å². The molecular formula is C12H14BrN3OS. The normalized spacial score (nSPS) is 24.6. The lowest BCUT2D eigenvalue weighted by Crippen LogP contribution is -2.27. The SMILES string of the molecule is OC1CCCCC1n1c(=S)[nH]c2cc(Br)cnc21.